The highest BCUT2D eigenvalue weighted by atomic mass is 19.4. The minimum atomic E-state index is -4.69. The first-order valence-corrected chi connectivity index (χ1v) is 9.59. The van der Waals surface area contributed by atoms with Gasteiger partial charge in [0.1, 0.15) is 5.69 Å². The van der Waals surface area contributed by atoms with E-state index in [1.165, 1.54) is 19.2 Å². The number of rotatable bonds is 3. The summed E-state index contributed by atoms with van der Waals surface area (Å²) in [6, 6.07) is 3.16. The molecule has 3 aromatic rings. The summed E-state index contributed by atoms with van der Waals surface area (Å²) in [5, 5.41) is 6.93. The maximum atomic E-state index is 13.3. The fourth-order valence-corrected chi connectivity index (χ4v) is 3.74. The van der Waals surface area contributed by atoms with Crippen molar-refractivity contribution in [3.8, 4) is 11.3 Å². The van der Waals surface area contributed by atoms with E-state index < -0.39 is 41.1 Å². The summed E-state index contributed by atoms with van der Waals surface area (Å²) >= 11 is 0. The van der Waals surface area contributed by atoms with Gasteiger partial charge in [0.25, 0.3) is 5.91 Å². The SMILES string of the molecule is Cn1cc(C(=O)NC2CCCn3nc(-c4ccnc(C(F)(F)F)c4)cc32)c(C(F)(F)F)c1. The summed E-state index contributed by atoms with van der Waals surface area (Å²) in [7, 11) is 1.39. The second-order valence-electron chi connectivity index (χ2n) is 7.52. The standard InChI is InChI=1S/C20H17F6N5O/c1-30-9-12(13(10-30)19(21,22)23)18(32)28-14-3-2-6-31-16(14)8-15(29-31)11-4-5-27-17(7-11)20(24,25)26/h4-5,7-10,14H,2-3,6H2,1H3,(H,28,32). The highest BCUT2D eigenvalue weighted by Crippen LogP contribution is 2.35. The van der Waals surface area contributed by atoms with Gasteiger partial charge >= 0.3 is 12.4 Å². The van der Waals surface area contributed by atoms with Crippen LogP contribution in [0.5, 0.6) is 0 Å². The lowest BCUT2D eigenvalue weighted by Crippen LogP contribution is -2.33. The largest absolute Gasteiger partial charge is 0.433 e. The Kier molecular flexibility index (Phi) is 5.25. The molecular formula is C20H17F6N5O. The molecule has 0 radical (unpaired) electrons. The van der Waals surface area contributed by atoms with Gasteiger partial charge in [0.2, 0.25) is 0 Å². The van der Waals surface area contributed by atoms with Crippen molar-refractivity contribution in [3.05, 3.63) is 59.3 Å². The summed E-state index contributed by atoms with van der Waals surface area (Å²) < 4.78 is 81.4. The van der Waals surface area contributed by atoms with Crippen molar-refractivity contribution < 1.29 is 31.1 Å². The lowest BCUT2D eigenvalue weighted by atomic mass is 10.0. The first kappa shape index (κ1) is 21.9. The van der Waals surface area contributed by atoms with Crippen LogP contribution in [0.1, 0.15) is 46.2 Å². The highest BCUT2D eigenvalue weighted by Gasteiger charge is 2.37. The normalized spacial score (nSPS) is 16.7. The van der Waals surface area contributed by atoms with Crippen molar-refractivity contribution in [2.75, 3.05) is 0 Å². The van der Waals surface area contributed by atoms with E-state index in [0.717, 1.165) is 29.2 Å². The van der Waals surface area contributed by atoms with Gasteiger partial charge in [-0.05, 0) is 31.0 Å². The molecule has 0 aromatic carbocycles. The number of hydrogen-bond donors (Lipinski definition) is 1. The van der Waals surface area contributed by atoms with Gasteiger partial charge in [0.15, 0.2) is 0 Å². The van der Waals surface area contributed by atoms with Gasteiger partial charge in [-0.3, -0.25) is 14.5 Å². The molecule has 4 rings (SSSR count). The molecular weight excluding hydrogens is 440 g/mol. The molecule has 12 heteroatoms. The minimum Gasteiger partial charge on any atom is -0.356 e. The van der Waals surface area contributed by atoms with Crippen LogP contribution in [-0.4, -0.2) is 25.2 Å². The molecule has 1 aliphatic heterocycles. The summed E-state index contributed by atoms with van der Waals surface area (Å²) in [5.41, 5.74) is -1.64. The fourth-order valence-electron chi connectivity index (χ4n) is 3.74. The quantitative estimate of drug-likeness (QED) is 0.586. The Hall–Kier alpha value is -3.31. The van der Waals surface area contributed by atoms with Crippen LogP contribution in [-0.2, 0) is 25.9 Å². The lowest BCUT2D eigenvalue weighted by Gasteiger charge is -2.24. The van der Waals surface area contributed by atoms with Gasteiger partial charge in [-0.25, -0.2) is 0 Å². The molecule has 0 fully saturated rings. The molecule has 1 N–H and O–H groups in total. The molecule has 1 amide bonds. The van der Waals surface area contributed by atoms with Crippen molar-refractivity contribution in [3.63, 3.8) is 0 Å². The molecule has 6 nitrogen and oxygen atoms in total. The predicted octanol–water partition coefficient (Wildman–Crippen LogP) is 4.59. The molecule has 0 saturated heterocycles. The first-order valence-electron chi connectivity index (χ1n) is 9.59. The van der Waals surface area contributed by atoms with E-state index in [9.17, 15) is 31.1 Å². The Morgan fingerprint density at radius 3 is 2.56 bits per heavy atom. The smallest absolute Gasteiger partial charge is 0.356 e. The van der Waals surface area contributed by atoms with E-state index in [2.05, 4.69) is 15.4 Å². The molecule has 0 bridgehead atoms. The van der Waals surface area contributed by atoms with Crippen LogP contribution in [0.4, 0.5) is 26.3 Å². The van der Waals surface area contributed by atoms with E-state index in [1.54, 1.807) is 4.68 Å². The van der Waals surface area contributed by atoms with Crippen molar-refractivity contribution in [2.45, 2.75) is 37.8 Å². The summed E-state index contributed by atoms with van der Waals surface area (Å²) in [6.45, 7) is 0.470. The fraction of sp³-hybridized carbons (Fsp3) is 0.350. The Morgan fingerprint density at radius 1 is 1.12 bits per heavy atom. The van der Waals surface area contributed by atoms with E-state index in [1.807, 2.05) is 0 Å². The summed E-state index contributed by atoms with van der Waals surface area (Å²) in [5.74, 6) is -0.887. The third kappa shape index (κ3) is 4.21. The summed E-state index contributed by atoms with van der Waals surface area (Å²) in [6.07, 6.45) is -5.30. The van der Waals surface area contributed by atoms with Crippen LogP contribution < -0.4 is 5.32 Å². The molecule has 1 aliphatic rings. The first-order chi connectivity index (χ1) is 14.9. The zero-order chi connectivity index (χ0) is 23.3. The summed E-state index contributed by atoms with van der Waals surface area (Å²) in [4.78, 5) is 16.0. The van der Waals surface area contributed by atoms with Crippen LogP contribution in [0.2, 0.25) is 0 Å². The Balaban J connectivity index is 1.62. The number of fused-ring (bicyclic) bond motifs is 1. The van der Waals surface area contributed by atoms with Crippen molar-refractivity contribution in [2.24, 2.45) is 7.05 Å². The number of carbonyl (C=O) groups is 1. The molecule has 32 heavy (non-hydrogen) atoms. The molecule has 170 valence electrons. The van der Waals surface area contributed by atoms with Crippen molar-refractivity contribution in [1.82, 2.24) is 24.6 Å². The maximum absolute atomic E-state index is 13.3. The Bertz CT molecular complexity index is 1160. The Morgan fingerprint density at radius 2 is 1.88 bits per heavy atom. The van der Waals surface area contributed by atoms with E-state index >= 15 is 0 Å². The van der Waals surface area contributed by atoms with Gasteiger partial charge in [0.05, 0.1) is 28.6 Å². The number of halogens is 6. The number of pyridine rings is 1. The van der Waals surface area contributed by atoms with Crippen LogP contribution in [0.3, 0.4) is 0 Å². The van der Waals surface area contributed by atoms with Gasteiger partial charge in [0, 0.05) is 37.7 Å². The van der Waals surface area contributed by atoms with E-state index in [0.29, 0.717) is 25.1 Å². The van der Waals surface area contributed by atoms with Crippen LogP contribution in [0.25, 0.3) is 11.3 Å². The molecule has 1 atom stereocenters. The second kappa shape index (κ2) is 7.68. The number of nitrogens with one attached hydrogen (secondary N) is 1. The molecule has 0 saturated carbocycles. The third-order valence-electron chi connectivity index (χ3n) is 5.19. The maximum Gasteiger partial charge on any atom is 0.433 e. The van der Waals surface area contributed by atoms with Crippen LogP contribution in [0, 0.1) is 0 Å². The van der Waals surface area contributed by atoms with Crippen molar-refractivity contribution in [1.29, 1.82) is 0 Å². The number of carbonyl (C=O) groups excluding carboxylic acids is 1. The molecule has 0 spiro atoms. The topological polar surface area (TPSA) is 64.7 Å². The molecule has 3 aromatic heterocycles. The number of amides is 1. The number of hydrogen-bond acceptors (Lipinski definition) is 3. The molecule has 4 heterocycles. The average Bonchev–Trinajstić information content (AvgIpc) is 3.32. The van der Waals surface area contributed by atoms with Crippen LogP contribution in [0.15, 0.2) is 36.8 Å². The van der Waals surface area contributed by atoms with Crippen molar-refractivity contribution >= 4 is 5.91 Å². The zero-order valence-electron chi connectivity index (χ0n) is 16.6. The number of nitrogens with zero attached hydrogens (tertiary/aromatic N) is 4. The van der Waals surface area contributed by atoms with Crippen LogP contribution >= 0.6 is 0 Å². The minimum absolute atomic E-state index is 0.196. The third-order valence-corrected chi connectivity index (χ3v) is 5.19. The van der Waals surface area contributed by atoms with E-state index in [-0.39, 0.29) is 11.3 Å². The Labute approximate surface area is 177 Å². The number of alkyl halides is 6. The molecule has 0 aliphatic carbocycles. The van der Waals surface area contributed by atoms with Gasteiger partial charge in [-0.15, -0.1) is 0 Å². The average molecular weight is 457 g/mol. The number of aryl methyl sites for hydroxylation is 2. The lowest BCUT2D eigenvalue weighted by molar-refractivity contribution is -0.141. The monoisotopic (exact) mass is 457 g/mol. The predicted molar refractivity (Wildman–Crippen MR) is 100 cm³/mol. The van der Waals surface area contributed by atoms with E-state index in [4.69, 9.17) is 0 Å². The number of aromatic nitrogens is 4. The molecule has 1 unspecified atom stereocenters. The highest BCUT2D eigenvalue weighted by molar-refractivity contribution is 5.96. The zero-order valence-corrected chi connectivity index (χ0v) is 16.6. The van der Waals surface area contributed by atoms with Gasteiger partial charge in [-0.1, -0.05) is 0 Å². The second-order valence-corrected chi connectivity index (χ2v) is 7.52. The van der Waals surface area contributed by atoms with Gasteiger partial charge in [-0.2, -0.15) is 31.4 Å². The van der Waals surface area contributed by atoms with Gasteiger partial charge < -0.3 is 9.88 Å².